The van der Waals surface area contributed by atoms with Gasteiger partial charge in [0.15, 0.2) is 0 Å². The summed E-state index contributed by atoms with van der Waals surface area (Å²) in [6.45, 7) is 4.89. The fraction of sp³-hybridized carbons (Fsp3) is 0.464. The third-order valence-corrected chi connectivity index (χ3v) is 9.87. The van der Waals surface area contributed by atoms with Gasteiger partial charge in [0.1, 0.15) is 10.7 Å². The fourth-order valence-electron chi connectivity index (χ4n) is 5.44. The van der Waals surface area contributed by atoms with Crippen LogP contribution >= 0.6 is 11.8 Å². The van der Waals surface area contributed by atoms with Gasteiger partial charge in [-0.15, -0.1) is 0 Å². The molecule has 11 heteroatoms. The molecule has 3 aromatic rings. The molecule has 0 bridgehead atoms. The molecule has 6 nitrogen and oxygen atoms in total. The molecule has 5 rings (SSSR count). The number of rotatable bonds is 6. The number of hydrogen-bond acceptors (Lipinski definition) is 6. The average molecular weight is 580 g/mol. The van der Waals surface area contributed by atoms with Gasteiger partial charge in [-0.1, -0.05) is 30.3 Å². The van der Waals surface area contributed by atoms with Crippen molar-refractivity contribution in [2.24, 2.45) is 5.92 Å². The smallest absolute Gasteiger partial charge is 0.365 e. The van der Waals surface area contributed by atoms with E-state index in [9.17, 15) is 21.6 Å². The minimum Gasteiger partial charge on any atom is -0.365 e. The first-order valence-corrected chi connectivity index (χ1v) is 15.7. The number of fused-ring (bicyclic) bond motifs is 1. The van der Waals surface area contributed by atoms with Crippen molar-refractivity contribution in [3.63, 3.8) is 0 Å². The lowest BCUT2D eigenvalue weighted by Crippen LogP contribution is -2.51. The van der Waals surface area contributed by atoms with E-state index in [-0.39, 0.29) is 23.5 Å². The molecule has 39 heavy (non-hydrogen) atoms. The molecule has 2 saturated heterocycles. The maximum Gasteiger partial charge on any atom is 0.416 e. The van der Waals surface area contributed by atoms with Gasteiger partial charge in [0.2, 0.25) is 10.0 Å². The first-order valence-electron chi connectivity index (χ1n) is 12.9. The number of aromatic nitrogens is 1. The normalized spacial score (nSPS) is 22.5. The predicted octanol–water partition coefficient (Wildman–Crippen LogP) is 5.98. The van der Waals surface area contributed by atoms with Gasteiger partial charge in [-0.05, 0) is 68.0 Å². The molecule has 0 saturated carbocycles. The van der Waals surface area contributed by atoms with E-state index in [1.54, 1.807) is 37.7 Å². The number of pyridine rings is 1. The SMILES string of the molecule is CSCC1CCN(c2nc3ccccc3cc2S(=O)(=O)N2CC(c3cccc(C(F)(F)F)c3)OC(C)(C)C2)C1. The number of para-hydroxylation sites is 1. The van der Waals surface area contributed by atoms with E-state index in [0.717, 1.165) is 30.9 Å². The molecule has 0 spiro atoms. The monoisotopic (exact) mass is 579 g/mol. The molecular formula is C28H32F3N3O3S2. The Hall–Kier alpha value is -2.34. The Morgan fingerprint density at radius 2 is 1.87 bits per heavy atom. The number of morpholine rings is 1. The van der Waals surface area contributed by atoms with E-state index in [1.165, 1.54) is 10.4 Å². The first kappa shape index (κ1) is 28.2. The Morgan fingerprint density at radius 3 is 2.62 bits per heavy atom. The van der Waals surface area contributed by atoms with Crippen LogP contribution in [0, 0.1) is 5.92 Å². The van der Waals surface area contributed by atoms with Gasteiger partial charge in [0.25, 0.3) is 0 Å². The molecule has 2 aliphatic rings. The fourth-order valence-corrected chi connectivity index (χ4v) is 7.96. The van der Waals surface area contributed by atoms with Gasteiger partial charge in [0.05, 0.1) is 22.8 Å². The zero-order valence-corrected chi connectivity index (χ0v) is 23.7. The summed E-state index contributed by atoms with van der Waals surface area (Å²) in [5.74, 6) is 1.86. The molecule has 210 valence electrons. The molecule has 0 N–H and O–H groups in total. The van der Waals surface area contributed by atoms with Crippen molar-refractivity contribution in [3.05, 3.63) is 65.7 Å². The van der Waals surface area contributed by atoms with Crippen LogP contribution in [0.3, 0.4) is 0 Å². The lowest BCUT2D eigenvalue weighted by atomic mass is 10.0. The highest BCUT2D eigenvalue weighted by molar-refractivity contribution is 7.98. The topological polar surface area (TPSA) is 62.7 Å². The first-order chi connectivity index (χ1) is 18.4. The van der Waals surface area contributed by atoms with Crippen molar-refractivity contribution < 1.29 is 26.3 Å². The highest BCUT2D eigenvalue weighted by atomic mass is 32.2. The Morgan fingerprint density at radius 1 is 1.10 bits per heavy atom. The Labute approximate surface area is 231 Å². The number of sulfonamides is 1. The molecule has 0 radical (unpaired) electrons. The van der Waals surface area contributed by atoms with Gasteiger partial charge in [0, 0.05) is 31.6 Å². The number of benzene rings is 2. The Bertz CT molecular complexity index is 1460. The van der Waals surface area contributed by atoms with Crippen molar-refractivity contribution in [1.29, 1.82) is 0 Å². The van der Waals surface area contributed by atoms with E-state index in [1.807, 2.05) is 24.3 Å². The maximum atomic E-state index is 14.3. The van der Waals surface area contributed by atoms with E-state index in [0.29, 0.717) is 29.2 Å². The van der Waals surface area contributed by atoms with Crippen molar-refractivity contribution in [2.45, 2.75) is 43.0 Å². The number of halogens is 3. The van der Waals surface area contributed by atoms with Crippen LogP contribution in [0.2, 0.25) is 0 Å². The van der Waals surface area contributed by atoms with Crippen LogP contribution in [0.5, 0.6) is 0 Å². The third-order valence-electron chi connectivity index (χ3n) is 7.25. The maximum absolute atomic E-state index is 14.3. The number of nitrogens with zero attached hydrogens (tertiary/aromatic N) is 3. The zero-order valence-electron chi connectivity index (χ0n) is 22.1. The third kappa shape index (κ3) is 5.91. The average Bonchev–Trinajstić information content (AvgIpc) is 3.35. The molecule has 2 fully saturated rings. The summed E-state index contributed by atoms with van der Waals surface area (Å²) < 4.78 is 76.4. The number of ether oxygens (including phenoxy) is 1. The summed E-state index contributed by atoms with van der Waals surface area (Å²) in [5, 5.41) is 0.710. The summed E-state index contributed by atoms with van der Waals surface area (Å²) in [7, 11) is -4.08. The molecule has 2 aliphatic heterocycles. The Balaban J connectivity index is 1.55. The molecule has 2 atom stereocenters. The summed E-state index contributed by atoms with van der Waals surface area (Å²) in [5.41, 5.74) is -0.722. The lowest BCUT2D eigenvalue weighted by molar-refractivity contribution is -0.138. The lowest BCUT2D eigenvalue weighted by Gasteiger charge is -2.42. The summed E-state index contributed by atoms with van der Waals surface area (Å²) >= 11 is 1.77. The second kappa shape index (κ2) is 10.6. The van der Waals surface area contributed by atoms with Crippen LogP contribution in [-0.2, 0) is 20.9 Å². The van der Waals surface area contributed by atoms with Gasteiger partial charge >= 0.3 is 6.18 Å². The van der Waals surface area contributed by atoms with Crippen LogP contribution in [0.4, 0.5) is 19.0 Å². The molecule has 2 aromatic carbocycles. The van der Waals surface area contributed by atoms with E-state index in [4.69, 9.17) is 9.72 Å². The van der Waals surface area contributed by atoms with Crippen molar-refractivity contribution in [1.82, 2.24) is 9.29 Å². The highest BCUT2D eigenvalue weighted by Crippen LogP contribution is 2.39. The summed E-state index contributed by atoms with van der Waals surface area (Å²) in [6.07, 6.45) is -2.35. The Kier molecular flexibility index (Phi) is 7.64. The molecule has 0 amide bonds. The quantitative estimate of drug-likeness (QED) is 0.358. The van der Waals surface area contributed by atoms with Crippen molar-refractivity contribution in [3.8, 4) is 0 Å². The van der Waals surface area contributed by atoms with Crippen LogP contribution in [-0.4, -0.2) is 61.5 Å². The van der Waals surface area contributed by atoms with Gasteiger partial charge in [-0.2, -0.15) is 29.2 Å². The second-order valence-corrected chi connectivity index (χ2v) is 13.7. The standard InChI is InChI=1S/C28H32F3N3O3S2/c1-27(2)18-34(16-24(37-27)21-8-6-9-22(13-21)28(29,30)31)39(35,36)25-14-20-7-4-5-10-23(20)32-26(25)33-12-11-19(15-33)17-38-3/h4-10,13-14,19,24H,11-12,15-18H2,1-3H3. The van der Waals surface area contributed by atoms with Crippen LogP contribution in [0.1, 0.15) is 37.5 Å². The number of thioether (sulfide) groups is 1. The van der Waals surface area contributed by atoms with E-state index < -0.39 is 33.5 Å². The summed E-state index contributed by atoms with van der Waals surface area (Å²) in [6, 6.07) is 14.0. The molecule has 1 aromatic heterocycles. The molecule has 3 heterocycles. The van der Waals surface area contributed by atoms with Gasteiger partial charge in [-0.25, -0.2) is 13.4 Å². The second-order valence-electron chi connectivity index (χ2n) is 10.8. The predicted molar refractivity (Wildman–Crippen MR) is 149 cm³/mol. The van der Waals surface area contributed by atoms with E-state index in [2.05, 4.69) is 11.2 Å². The molecule has 0 aliphatic carbocycles. The number of alkyl halides is 3. The minimum absolute atomic E-state index is 0.0617. The highest BCUT2D eigenvalue weighted by Gasteiger charge is 2.42. The number of hydrogen-bond donors (Lipinski definition) is 0. The minimum atomic E-state index is -4.51. The largest absolute Gasteiger partial charge is 0.416 e. The number of anilines is 1. The van der Waals surface area contributed by atoms with E-state index >= 15 is 0 Å². The van der Waals surface area contributed by atoms with Crippen LogP contribution < -0.4 is 4.90 Å². The molecule has 2 unspecified atom stereocenters. The molecular weight excluding hydrogens is 547 g/mol. The van der Waals surface area contributed by atoms with Gasteiger partial charge < -0.3 is 9.64 Å². The van der Waals surface area contributed by atoms with Crippen LogP contribution in [0.15, 0.2) is 59.5 Å². The van der Waals surface area contributed by atoms with Crippen LogP contribution in [0.25, 0.3) is 10.9 Å². The van der Waals surface area contributed by atoms with Gasteiger partial charge in [-0.3, -0.25) is 0 Å². The zero-order chi connectivity index (χ0) is 28.0. The van der Waals surface area contributed by atoms with Crippen molar-refractivity contribution >= 4 is 38.5 Å². The van der Waals surface area contributed by atoms with Crippen molar-refractivity contribution in [2.75, 3.05) is 43.1 Å². The summed E-state index contributed by atoms with van der Waals surface area (Å²) in [4.78, 5) is 6.99.